The minimum atomic E-state index is -0.613. The highest BCUT2D eigenvalue weighted by atomic mass is 35.5. The lowest BCUT2D eigenvalue weighted by Crippen LogP contribution is -2.52. The number of H-pyrrole nitrogens is 2. The summed E-state index contributed by atoms with van der Waals surface area (Å²) < 4.78 is 0. The molecule has 1 saturated heterocycles. The van der Waals surface area contributed by atoms with E-state index >= 15 is 0 Å². The van der Waals surface area contributed by atoms with Crippen molar-refractivity contribution < 1.29 is 9.59 Å². The van der Waals surface area contributed by atoms with Crippen molar-refractivity contribution in [3.05, 3.63) is 50.9 Å². The number of benzene rings is 1. The molecule has 4 heterocycles. The summed E-state index contributed by atoms with van der Waals surface area (Å²) in [5.41, 5.74) is 0.970. The van der Waals surface area contributed by atoms with Crippen molar-refractivity contribution in [2.45, 2.75) is 32.7 Å². The fraction of sp³-hybridized carbons (Fsp3) is 0.417. The second-order valence-electron chi connectivity index (χ2n) is 9.95. The Morgan fingerprint density at radius 3 is 2.48 bits per heavy atom. The molecule has 0 aliphatic carbocycles. The molecule has 1 unspecified atom stereocenters. The average molecular weight is 468 g/mol. The number of halogens is 1. The van der Waals surface area contributed by atoms with Crippen molar-refractivity contribution in [3.63, 3.8) is 0 Å². The van der Waals surface area contributed by atoms with Crippen LogP contribution in [0.3, 0.4) is 0 Å². The molecule has 0 spiro atoms. The molecule has 1 atom stereocenters. The van der Waals surface area contributed by atoms with E-state index in [-0.39, 0.29) is 33.8 Å². The molecule has 33 heavy (non-hydrogen) atoms. The van der Waals surface area contributed by atoms with E-state index in [2.05, 4.69) is 33.8 Å². The third-order valence-corrected chi connectivity index (χ3v) is 7.27. The number of carbonyl (C=O) groups is 2. The standard InChI is InChI=1S/C24H26ClN5O3/c1-12(13-10-29(4)11-13)9-24(2,3)30-22(32)14-7-17-18(8-15(14)23(30)33)28-20(27-17)19-16(25)5-6-26-21(19)31/h5-8,12-13H,9-11H2,1-4H3,(H,26,31)(H,27,28). The van der Waals surface area contributed by atoms with E-state index in [0.717, 1.165) is 19.5 Å². The number of nitrogens with zero attached hydrogens (tertiary/aromatic N) is 3. The number of aromatic amines is 2. The fourth-order valence-corrected chi connectivity index (χ4v) is 5.48. The van der Waals surface area contributed by atoms with Crippen molar-refractivity contribution >= 4 is 34.4 Å². The van der Waals surface area contributed by atoms with Crippen LogP contribution in [0.2, 0.25) is 5.02 Å². The van der Waals surface area contributed by atoms with Crippen LogP contribution in [0.4, 0.5) is 0 Å². The second-order valence-corrected chi connectivity index (χ2v) is 10.4. The number of imidazole rings is 1. The van der Waals surface area contributed by atoms with Gasteiger partial charge in [-0.05, 0) is 57.4 Å². The molecule has 0 bridgehead atoms. The van der Waals surface area contributed by atoms with Gasteiger partial charge in [0.1, 0.15) is 11.4 Å². The van der Waals surface area contributed by atoms with Crippen molar-refractivity contribution in [1.29, 1.82) is 0 Å². The molecule has 2 aliphatic heterocycles. The van der Waals surface area contributed by atoms with E-state index in [1.54, 1.807) is 18.2 Å². The zero-order valence-electron chi connectivity index (χ0n) is 19.0. The summed E-state index contributed by atoms with van der Waals surface area (Å²) in [7, 11) is 2.10. The van der Waals surface area contributed by atoms with E-state index in [1.807, 2.05) is 13.8 Å². The van der Waals surface area contributed by atoms with Crippen LogP contribution in [0.1, 0.15) is 47.9 Å². The molecule has 2 aromatic heterocycles. The molecule has 9 heteroatoms. The monoisotopic (exact) mass is 467 g/mol. The number of hydrogen-bond donors (Lipinski definition) is 2. The maximum atomic E-state index is 13.4. The first-order valence-electron chi connectivity index (χ1n) is 11.1. The molecule has 1 aromatic carbocycles. The Bertz CT molecular complexity index is 1300. The number of imide groups is 1. The molecule has 5 rings (SSSR count). The third kappa shape index (κ3) is 3.48. The molecule has 3 aromatic rings. The van der Waals surface area contributed by atoms with Crippen LogP contribution in [0.25, 0.3) is 22.4 Å². The summed E-state index contributed by atoms with van der Waals surface area (Å²) in [6.45, 7) is 8.21. The van der Waals surface area contributed by atoms with Crippen LogP contribution in [0.15, 0.2) is 29.2 Å². The highest BCUT2D eigenvalue weighted by molar-refractivity contribution is 6.33. The number of rotatable bonds is 5. The van der Waals surface area contributed by atoms with Crippen molar-refractivity contribution in [2.75, 3.05) is 20.1 Å². The number of hydrogen-bond acceptors (Lipinski definition) is 5. The third-order valence-electron chi connectivity index (χ3n) is 6.96. The summed E-state index contributed by atoms with van der Waals surface area (Å²) in [6, 6.07) is 4.84. The summed E-state index contributed by atoms with van der Waals surface area (Å²) in [6.07, 6.45) is 2.20. The van der Waals surface area contributed by atoms with Crippen LogP contribution in [0.5, 0.6) is 0 Å². The second kappa shape index (κ2) is 7.53. The Balaban J connectivity index is 1.47. The van der Waals surface area contributed by atoms with Gasteiger partial charge in [0, 0.05) is 24.8 Å². The maximum Gasteiger partial charge on any atom is 0.262 e. The molecule has 172 valence electrons. The number of aromatic nitrogens is 3. The summed E-state index contributed by atoms with van der Waals surface area (Å²) >= 11 is 6.20. The summed E-state index contributed by atoms with van der Waals surface area (Å²) in [5, 5.41) is 0.261. The lowest BCUT2D eigenvalue weighted by molar-refractivity contribution is 0.0317. The van der Waals surface area contributed by atoms with E-state index in [0.29, 0.717) is 34.0 Å². The molecular weight excluding hydrogens is 442 g/mol. The van der Waals surface area contributed by atoms with Gasteiger partial charge in [0.2, 0.25) is 0 Å². The Morgan fingerprint density at radius 2 is 1.85 bits per heavy atom. The maximum absolute atomic E-state index is 13.4. The van der Waals surface area contributed by atoms with Gasteiger partial charge in [0.15, 0.2) is 0 Å². The molecule has 2 amide bonds. The van der Waals surface area contributed by atoms with Crippen molar-refractivity contribution in [2.24, 2.45) is 11.8 Å². The first-order chi connectivity index (χ1) is 15.6. The highest BCUT2D eigenvalue weighted by Crippen LogP contribution is 2.37. The number of nitrogens with one attached hydrogen (secondary N) is 2. The Morgan fingerprint density at radius 1 is 1.18 bits per heavy atom. The van der Waals surface area contributed by atoms with Crippen LogP contribution in [-0.4, -0.2) is 62.2 Å². The van der Waals surface area contributed by atoms with Crippen molar-refractivity contribution in [3.8, 4) is 11.4 Å². The van der Waals surface area contributed by atoms with Gasteiger partial charge in [-0.1, -0.05) is 18.5 Å². The number of carbonyl (C=O) groups excluding carboxylic acids is 2. The predicted octanol–water partition coefficient (Wildman–Crippen LogP) is 3.53. The topological polar surface area (TPSA) is 102 Å². The number of pyridine rings is 1. The lowest BCUT2D eigenvalue weighted by Gasteiger charge is -2.44. The van der Waals surface area contributed by atoms with E-state index in [1.165, 1.54) is 11.1 Å². The lowest BCUT2D eigenvalue weighted by atomic mass is 9.79. The number of fused-ring (bicyclic) bond motifs is 2. The zero-order chi connectivity index (χ0) is 23.7. The smallest absolute Gasteiger partial charge is 0.262 e. The molecule has 8 nitrogen and oxygen atoms in total. The van der Waals surface area contributed by atoms with Crippen LogP contribution >= 0.6 is 11.6 Å². The largest absolute Gasteiger partial charge is 0.338 e. The van der Waals surface area contributed by atoms with E-state index in [9.17, 15) is 14.4 Å². The average Bonchev–Trinajstić information content (AvgIpc) is 3.22. The SMILES string of the molecule is CC(CC(C)(C)N1C(=O)c2cc3nc(-c4c(Cl)cc[nH]c4=O)[nH]c3cc2C1=O)C1CN(C)C1. The molecular formula is C24H26ClN5O3. The quantitative estimate of drug-likeness (QED) is 0.559. The minimum Gasteiger partial charge on any atom is -0.338 e. The number of likely N-dealkylation sites (tertiary alicyclic amines) is 1. The number of amides is 2. The van der Waals surface area contributed by atoms with Crippen LogP contribution in [0, 0.1) is 11.8 Å². The summed E-state index contributed by atoms with van der Waals surface area (Å²) in [4.78, 5) is 52.8. The van der Waals surface area contributed by atoms with Gasteiger partial charge >= 0.3 is 0 Å². The minimum absolute atomic E-state index is 0.214. The highest BCUT2D eigenvalue weighted by Gasteiger charge is 2.46. The van der Waals surface area contributed by atoms with Gasteiger partial charge in [0.25, 0.3) is 17.4 Å². The molecule has 2 aliphatic rings. The molecule has 2 N–H and O–H groups in total. The Hall–Kier alpha value is -2.97. The van der Waals surface area contributed by atoms with Crippen molar-refractivity contribution in [1.82, 2.24) is 24.8 Å². The first kappa shape index (κ1) is 21.9. The van der Waals surface area contributed by atoms with Crippen LogP contribution in [-0.2, 0) is 0 Å². The Kier molecular flexibility index (Phi) is 4.99. The van der Waals surface area contributed by atoms with E-state index in [4.69, 9.17) is 11.6 Å². The van der Waals surface area contributed by atoms with E-state index < -0.39 is 5.54 Å². The van der Waals surface area contributed by atoms with Gasteiger partial charge in [-0.3, -0.25) is 19.3 Å². The van der Waals surface area contributed by atoms with Gasteiger partial charge in [-0.25, -0.2) is 4.98 Å². The van der Waals surface area contributed by atoms with Gasteiger partial charge in [-0.15, -0.1) is 0 Å². The normalized spacial score (nSPS) is 18.2. The Labute approximate surface area is 195 Å². The molecule has 0 radical (unpaired) electrons. The van der Waals surface area contributed by atoms with Gasteiger partial charge < -0.3 is 14.9 Å². The molecule has 0 saturated carbocycles. The predicted molar refractivity (Wildman–Crippen MR) is 127 cm³/mol. The zero-order valence-corrected chi connectivity index (χ0v) is 19.8. The fourth-order valence-electron chi connectivity index (χ4n) is 5.24. The molecule has 1 fully saturated rings. The van der Waals surface area contributed by atoms with Gasteiger partial charge in [-0.2, -0.15) is 0 Å². The summed E-state index contributed by atoms with van der Waals surface area (Å²) in [5.74, 6) is 0.662. The van der Waals surface area contributed by atoms with Gasteiger partial charge in [0.05, 0.1) is 27.2 Å². The van der Waals surface area contributed by atoms with Crippen LogP contribution < -0.4 is 5.56 Å². The first-order valence-corrected chi connectivity index (χ1v) is 11.4.